The van der Waals surface area contributed by atoms with E-state index < -0.39 is 151 Å². The van der Waals surface area contributed by atoms with Crippen LogP contribution in [0.25, 0.3) is 0 Å². The zero-order valence-electron chi connectivity index (χ0n) is 48.1. The topological polar surface area (TPSA) is 426 Å². The first kappa shape index (κ1) is 76.1. The largest absolute Gasteiger partial charge is 0.397 e. The summed E-state index contributed by atoms with van der Waals surface area (Å²) in [5.74, 6) is -0.765. The van der Waals surface area contributed by atoms with Crippen molar-refractivity contribution < 1.29 is 113 Å². The number of rotatable bonds is 41. The van der Waals surface area contributed by atoms with Gasteiger partial charge in [0.25, 0.3) is 0 Å². The number of hydrogen-bond donors (Lipinski definition) is 18. The van der Waals surface area contributed by atoms with E-state index in [0.717, 1.165) is 12.8 Å². The predicted molar refractivity (Wildman–Crippen MR) is 308 cm³/mol. The van der Waals surface area contributed by atoms with Gasteiger partial charge in [-0.05, 0) is 108 Å². The number of allylic oxidation sites excluding steroid dienone is 10. The van der Waals surface area contributed by atoms with Crippen molar-refractivity contribution in [1.82, 2.24) is 0 Å². The molecule has 0 radical (unpaired) electrons. The fourth-order valence-corrected chi connectivity index (χ4v) is 10.3. The van der Waals surface area contributed by atoms with E-state index in [9.17, 15) is 95.2 Å². The standard InChI is InChI=1S/C59H100O23S/c1-6-7-8-9-10-11-12-13-14-15-16-20-23-42(63)53(72)58-56(75)48(69)33-50(81-58)57(76)52(71)37(4)25-27-41(62)49-32-47(68)55(74)59(80-49)54(73)45(66)29-36(3)24-26-39(61)31-46(67)51(70)38(5)30-44(65)43(64)28-35(2)21-18-17-19-22-40(34-60)82-83(77,78)79/h6,9-14,17,19-20,23,29,35,38-76H,1,4,7-8,15-16,18,21-22,24-28,30-34H2,2-3,5H3,(H,77,78,79)/b10-9+,12-11+,14-13+,19-17+,23-20+,36-29+/t35?,38-,39-,40?,41+,42+,43?,44-,45+,46-,47+,48+,49+,50+,51+,52+,53-,54-,55+,56+,57-,58-,59-/m0/s1. The van der Waals surface area contributed by atoms with Gasteiger partial charge in [0.15, 0.2) is 0 Å². The second kappa shape index (κ2) is 39.7. The molecule has 0 aromatic rings. The van der Waals surface area contributed by atoms with Crippen LogP contribution in [0, 0.1) is 11.8 Å². The molecule has 480 valence electrons. The third kappa shape index (κ3) is 28.6. The SMILES string of the molecule is C=CCC/C=C/C=C/C=C/CC/C=C/[C@@H](O)[C@H](O)[C@@H]1O[C@@H]([C@H](O)[C@H](O)C(=C)CC[C@@H](O)[C@H]2C[C@@H](O)[C@@H](O)[C@H]([C@@H](O)[C@H](O)/C=C(\C)CC[C@H](O)C[C@H](O)[C@H](O)[C@@H](C)C[C@H](O)C(O)CC(C)CC/C=C/CC(CO)OS(=O)(=O)O)O2)C[C@@H](O)[C@H]1O. The summed E-state index contributed by atoms with van der Waals surface area (Å²) in [6.07, 6.45) is -7.11. The molecule has 83 heavy (non-hydrogen) atoms. The van der Waals surface area contributed by atoms with Crippen LogP contribution < -0.4 is 0 Å². The van der Waals surface area contributed by atoms with Crippen molar-refractivity contribution >= 4 is 10.4 Å². The maximum atomic E-state index is 11.2. The molecule has 2 rings (SSSR count). The molecule has 2 heterocycles. The normalized spacial score (nSPS) is 27.9. The van der Waals surface area contributed by atoms with Gasteiger partial charge < -0.3 is 96.3 Å². The molecule has 0 aliphatic carbocycles. The lowest BCUT2D eigenvalue weighted by atomic mass is 9.86. The van der Waals surface area contributed by atoms with Crippen LogP contribution in [0.1, 0.15) is 124 Å². The Bertz CT molecular complexity index is 2120. The summed E-state index contributed by atoms with van der Waals surface area (Å²) in [5.41, 5.74) is 0.467. The number of hydrogen-bond acceptors (Lipinski definition) is 22. The summed E-state index contributed by atoms with van der Waals surface area (Å²) in [6.45, 7) is 11.9. The molecule has 0 aromatic carbocycles. The van der Waals surface area contributed by atoms with Gasteiger partial charge in [-0.15, -0.1) is 6.58 Å². The lowest BCUT2D eigenvalue weighted by molar-refractivity contribution is -0.234. The Morgan fingerprint density at radius 2 is 1.19 bits per heavy atom. The number of aliphatic hydroxyl groups excluding tert-OH is 17. The number of ether oxygens (including phenoxy) is 2. The van der Waals surface area contributed by atoms with Crippen molar-refractivity contribution in [3.05, 3.63) is 97.2 Å². The number of unbranched alkanes of at least 4 members (excludes halogenated alkanes) is 2. The Labute approximate surface area is 489 Å². The van der Waals surface area contributed by atoms with Gasteiger partial charge in [-0.2, -0.15) is 8.42 Å². The van der Waals surface area contributed by atoms with Gasteiger partial charge in [0.1, 0.15) is 67.1 Å². The first-order chi connectivity index (χ1) is 39.0. The molecule has 0 aromatic heterocycles. The van der Waals surface area contributed by atoms with Gasteiger partial charge in [-0.1, -0.05) is 98.9 Å². The zero-order valence-corrected chi connectivity index (χ0v) is 49.0. The lowest BCUT2D eigenvalue weighted by Crippen LogP contribution is -2.59. The van der Waals surface area contributed by atoms with Crippen molar-refractivity contribution in [1.29, 1.82) is 0 Å². The monoisotopic (exact) mass is 1210 g/mol. The summed E-state index contributed by atoms with van der Waals surface area (Å²) in [6, 6.07) is 0. The Balaban J connectivity index is 1.86. The van der Waals surface area contributed by atoms with Crippen molar-refractivity contribution in [2.24, 2.45) is 11.8 Å². The van der Waals surface area contributed by atoms with Crippen molar-refractivity contribution in [3.8, 4) is 0 Å². The van der Waals surface area contributed by atoms with E-state index in [1.54, 1.807) is 32.1 Å². The summed E-state index contributed by atoms with van der Waals surface area (Å²) in [5, 5.41) is 183. The van der Waals surface area contributed by atoms with Crippen molar-refractivity contribution in [3.63, 3.8) is 0 Å². The second-order valence-corrected chi connectivity index (χ2v) is 23.5. The molecule has 23 atom stereocenters. The molecule has 2 aliphatic heterocycles. The van der Waals surface area contributed by atoms with Crippen molar-refractivity contribution in [2.75, 3.05) is 6.61 Å². The van der Waals surface area contributed by atoms with Gasteiger partial charge in [-0.25, -0.2) is 4.18 Å². The third-order valence-corrected chi connectivity index (χ3v) is 15.6. The Kier molecular flexibility index (Phi) is 36.5. The minimum Gasteiger partial charge on any atom is -0.394 e. The molecule has 0 bridgehead atoms. The summed E-state index contributed by atoms with van der Waals surface area (Å²) >= 11 is 0. The molecule has 18 N–H and O–H groups in total. The molecular weight excluding hydrogens is 1110 g/mol. The minimum atomic E-state index is -4.72. The van der Waals surface area contributed by atoms with Gasteiger partial charge >= 0.3 is 10.4 Å². The molecule has 23 nitrogen and oxygen atoms in total. The molecule has 3 unspecified atom stereocenters. The average molecular weight is 1210 g/mol. The molecule has 24 heteroatoms. The smallest absolute Gasteiger partial charge is 0.394 e. The Hall–Kier alpha value is -2.97. The maximum absolute atomic E-state index is 11.2. The van der Waals surface area contributed by atoms with E-state index in [0.29, 0.717) is 31.3 Å². The van der Waals surface area contributed by atoms with Gasteiger partial charge in [-0.3, -0.25) is 4.55 Å². The average Bonchev–Trinajstić information content (AvgIpc) is 3.44. The molecule has 0 saturated carbocycles. The predicted octanol–water partition coefficient (Wildman–Crippen LogP) is 0.459. The summed E-state index contributed by atoms with van der Waals surface area (Å²) in [4.78, 5) is 0. The molecule has 2 saturated heterocycles. The first-order valence-electron chi connectivity index (χ1n) is 28.7. The molecule has 2 aliphatic rings. The van der Waals surface area contributed by atoms with Gasteiger partial charge in [0.05, 0.1) is 67.6 Å². The highest BCUT2D eigenvalue weighted by Gasteiger charge is 2.47. The van der Waals surface area contributed by atoms with Crippen LogP contribution in [0.4, 0.5) is 0 Å². The molecule has 0 spiro atoms. The lowest BCUT2D eigenvalue weighted by Gasteiger charge is -2.42. The quantitative estimate of drug-likeness (QED) is 0.0171. The highest BCUT2D eigenvalue weighted by atomic mass is 32.3. The Morgan fingerprint density at radius 1 is 0.639 bits per heavy atom. The highest BCUT2D eigenvalue weighted by molar-refractivity contribution is 7.80. The summed E-state index contributed by atoms with van der Waals surface area (Å²) < 4.78 is 46.4. The third-order valence-electron chi connectivity index (χ3n) is 15.1. The van der Waals surface area contributed by atoms with Crippen LogP contribution in [-0.4, -0.2) is 235 Å². The van der Waals surface area contributed by atoms with Crippen LogP contribution in [0.15, 0.2) is 97.2 Å². The van der Waals surface area contributed by atoms with E-state index in [1.165, 1.54) is 12.2 Å². The van der Waals surface area contributed by atoms with Crippen LogP contribution in [-0.2, 0) is 24.1 Å². The van der Waals surface area contributed by atoms with Crippen LogP contribution >= 0.6 is 0 Å². The van der Waals surface area contributed by atoms with Gasteiger partial charge in [0.2, 0.25) is 0 Å². The van der Waals surface area contributed by atoms with Gasteiger partial charge in [0, 0.05) is 19.3 Å². The maximum Gasteiger partial charge on any atom is 0.397 e. The van der Waals surface area contributed by atoms with E-state index >= 15 is 0 Å². The van der Waals surface area contributed by atoms with E-state index in [4.69, 9.17) is 14.0 Å². The molecule has 2 fully saturated rings. The zero-order chi connectivity index (χ0) is 62.6. The molecular formula is C59H100O23S. The van der Waals surface area contributed by atoms with E-state index in [1.807, 2.05) is 49.5 Å². The van der Waals surface area contributed by atoms with E-state index in [-0.39, 0.29) is 75.7 Å². The molecule has 0 amide bonds. The minimum absolute atomic E-state index is 0.00170. The first-order valence-corrected chi connectivity index (χ1v) is 30.1. The fourth-order valence-electron chi connectivity index (χ4n) is 9.85. The Morgan fingerprint density at radius 3 is 1.78 bits per heavy atom. The number of aliphatic hydroxyl groups is 17. The fraction of sp³-hybridized carbons (Fsp3) is 0.729. The highest BCUT2D eigenvalue weighted by Crippen LogP contribution is 2.32. The summed E-state index contributed by atoms with van der Waals surface area (Å²) in [7, 11) is -4.72. The van der Waals surface area contributed by atoms with Crippen LogP contribution in [0.2, 0.25) is 0 Å². The second-order valence-electron chi connectivity index (χ2n) is 22.4. The van der Waals surface area contributed by atoms with E-state index in [2.05, 4.69) is 17.3 Å². The van der Waals surface area contributed by atoms with Crippen molar-refractivity contribution in [2.45, 2.75) is 252 Å². The van der Waals surface area contributed by atoms with Crippen LogP contribution in [0.3, 0.4) is 0 Å². The van der Waals surface area contributed by atoms with Crippen LogP contribution in [0.5, 0.6) is 0 Å².